The lowest BCUT2D eigenvalue weighted by atomic mass is 10.0. The fraction of sp³-hybridized carbons (Fsp3) is 0.538. The summed E-state index contributed by atoms with van der Waals surface area (Å²) in [4.78, 5) is 42.9. The number of hydrogen-bond acceptors (Lipinski definition) is 5. The van der Waals surface area contributed by atoms with Gasteiger partial charge in [-0.05, 0) is 57.1 Å². The molecule has 36 heavy (non-hydrogen) atoms. The van der Waals surface area contributed by atoms with Crippen LogP contribution in [0.15, 0.2) is 36.7 Å². The molecule has 0 spiro atoms. The van der Waals surface area contributed by atoms with Gasteiger partial charge in [-0.3, -0.25) is 4.79 Å². The van der Waals surface area contributed by atoms with Crippen LogP contribution >= 0.6 is 11.6 Å². The number of halogens is 1. The molecule has 1 aliphatic heterocycles. The Hall–Kier alpha value is -3.07. The Labute approximate surface area is 216 Å². The molecule has 9 nitrogen and oxygen atoms in total. The third kappa shape index (κ3) is 5.67. The molecule has 0 radical (unpaired) electrons. The number of benzene rings is 1. The second-order valence-corrected chi connectivity index (χ2v) is 11.2. The second kappa shape index (κ2) is 10.1. The van der Waals surface area contributed by atoms with Crippen LogP contribution in [0.1, 0.15) is 46.1 Å². The lowest BCUT2D eigenvalue weighted by molar-refractivity contribution is -0.116. The van der Waals surface area contributed by atoms with Crippen molar-refractivity contribution in [3.05, 3.63) is 47.2 Å². The number of anilines is 1. The molecule has 2 fully saturated rings. The molecule has 194 valence electrons. The van der Waals surface area contributed by atoms with E-state index in [-0.39, 0.29) is 35.9 Å². The van der Waals surface area contributed by atoms with Gasteiger partial charge in [0.15, 0.2) is 0 Å². The van der Waals surface area contributed by atoms with Gasteiger partial charge in [-0.2, -0.15) is 9.78 Å². The van der Waals surface area contributed by atoms with Gasteiger partial charge in [-0.25, -0.2) is 9.59 Å². The predicted octanol–water partition coefficient (Wildman–Crippen LogP) is 4.64. The first-order valence-electron chi connectivity index (χ1n) is 12.2. The molecule has 3 atom stereocenters. The average Bonchev–Trinajstić information content (AvgIpc) is 3.51. The van der Waals surface area contributed by atoms with E-state index in [1.165, 1.54) is 22.7 Å². The number of hydrogen-bond donors (Lipinski definition) is 0. The van der Waals surface area contributed by atoms with E-state index in [1.54, 1.807) is 18.1 Å². The summed E-state index contributed by atoms with van der Waals surface area (Å²) in [6.07, 6.45) is 4.32. The lowest BCUT2D eigenvalue weighted by Crippen LogP contribution is -2.43. The number of aromatic nitrogens is 2. The molecule has 1 aromatic heterocycles. The number of carbonyl (C=O) groups excluding carboxylic acids is 3. The molecule has 2 aliphatic rings. The third-order valence-corrected chi connectivity index (χ3v) is 7.36. The Kier molecular flexibility index (Phi) is 7.31. The van der Waals surface area contributed by atoms with Gasteiger partial charge in [0.25, 0.3) is 0 Å². The molecule has 1 saturated heterocycles. The van der Waals surface area contributed by atoms with Gasteiger partial charge >= 0.3 is 12.1 Å². The minimum Gasteiger partial charge on any atom is -0.444 e. The van der Waals surface area contributed by atoms with Crippen LogP contribution in [0.2, 0.25) is 5.02 Å². The third-order valence-electron chi connectivity index (χ3n) is 6.99. The zero-order valence-corrected chi connectivity index (χ0v) is 22.2. The first-order chi connectivity index (χ1) is 16.9. The van der Waals surface area contributed by atoms with E-state index in [0.29, 0.717) is 30.3 Å². The van der Waals surface area contributed by atoms with Crippen molar-refractivity contribution < 1.29 is 19.1 Å². The van der Waals surface area contributed by atoms with E-state index in [1.807, 2.05) is 49.9 Å². The number of carbonyl (C=O) groups is 3. The van der Waals surface area contributed by atoms with Crippen molar-refractivity contribution in [2.45, 2.75) is 58.7 Å². The monoisotopic (exact) mass is 515 g/mol. The van der Waals surface area contributed by atoms with Crippen LogP contribution in [-0.4, -0.2) is 69.4 Å². The summed E-state index contributed by atoms with van der Waals surface area (Å²) >= 11 is 6.41. The molecule has 1 aliphatic carbocycles. The van der Waals surface area contributed by atoms with Gasteiger partial charge < -0.3 is 19.4 Å². The zero-order chi connectivity index (χ0) is 26.2. The highest BCUT2D eigenvalue weighted by atomic mass is 35.5. The van der Waals surface area contributed by atoms with Crippen LogP contribution < -0.4 is 4.90 Å². The first kappa shape index (κ1) is 26.0. The van der Waals surface area contributed by atoms with Gasteiger partial charge in [-0.1, -0.05) is 29.8 Å². The van der Waals surface area contributed by atoms with E-state index in [4.69, 9.17) is 16.3 Å². The standard InChI is InChI=1S/C26H34ClN5O4/c1-17(33)29(5)22-12-28-32(16-22)24(34)30-13-19-10-21(11-20(19)14-30)31(25(35)36-26(2,3)4)15-18-8-6-7-9-23(18)27/h6-9,12,16,19-21H,10-11,13-15H2,1-5H3/t19-,20+,21-. The number of rotatable bonds is 4. The van der Waals surface area contributed by atoms with Gasteiger partial charge in [0.1, 0.15) is 5.60 Å². The minimum atomic E-state index is -0.605. The quantitative estimate of drug-likeness (QED) is 0.592. The maximum atomic E-state index is 13.2. The molecule has 0 N–H and O–H groups in total. The molecule has 2 heterocycles. The summed E-state index contributed by atoms with van der Waals surface area (Å²) in [7, 11) is 1.65. The molecular formula is C26H34ClN5O4. The van der Waals surface area contributed by atoms with Gasteiger partial charge in [0.2, 0.25) is 5.91 Å². The number of ether oxygens (including phenoxy) is 1. The smallest absolute Gasteiger partial charge is 0.410 e. The lowest BCUT2D eigenvalue weighted by Gasteiger charge is -2.33. The molecular weight excluding hydrogens is 482 g/mol. The van der Waals surface area contributed by atoms with Crippen molar-refractivity contribution in [3.63, 3.8) is 0 Å². The zero-order valence-electron chi connectivity index (χ0n) is 21.5. The first-order valence-corrected chi connectivity index (χ1v) is 12.6. The number of fused-ring (bicyclic) bond motifs is 1. The maximum absolute atomic E-state index is 13.2. The molecule has 4 rings (SSSR count). The Morgan fingerprint density at radius 1 is 1.14 bits per heavy atom. The SMILES string of the molecule is CC(=O)N(C)c1cnn(C(=O)N2C[C@H]3C[C@@H](N(Cc4ccccc4Cl)C(=O)OC(C)(C)C)C[C@H]3C2)c1. The molecule has 0 unspecified atom stereocenters. The van der Waals surface area contributed by atoms with Gasteiger partial charge in [-0.15, -0.1) is 0 Å². The average molecular weight is 516 g/mol. The largest absolute Gasteiger partial charge is 0.444 e. The summed E-state index contributed by atoms with van der Waals surface area (Å²) in [6, 6.07) is 7.34. The topological polar surface area (TPSA) is 88.0 Å². The van der Waals surface area contributed by atoms with Crippen molar-refractivity contribution in [1.29, 1.82) is 0 Å². The molecule has 1 saturated carbocycles. The summed E-state index contributed by atoms with van der Waals surface area (Å²) in [5.74, 6) is 0.435. The normalized spacial score (nSPS) is 21.3. The molecule has 1 aromatic carbocycles. The number of nitrogens with zero attached hydrogens (tertiary/aromatic N) is 5. The Morgan fingerprint density at radius 2 is 1.78 bits per heavy atom. The van der Waals surface area contributed by atoms with Crippen molar-refractivity contribution in [1.82, 2.24) is 19.6 Å². The van der Waals surface area contributed by atoms with Crippen LogP contribution in [-0.2, 0) is 16.1 Å². The number of amides is 3. The van der Waals surface area contributed by atoms with Crippen molar-refractivity contribution in [2.24, 2.45) is 11.8 Å². The Bertz CT molecular complexity index is 1130. The number of likely N-dealkylation sites (tertiary alicyclic amines) is 1. The van der Waals surface area contributed by atoms with Crippen molar-refractivity contribution in [3.8, 4) is 0 Å². The minimum absolute atomic E-state index is 0.00361. The molecule has 10 heteroatoms. The predicted molar refractivity (Wildman–Crippen MR) is 137 cm³/mol. The van der Waals surface area contributed by atoms with E-state index >= 15 is 0 Å². The van der Waals surface area contributed by atoms with Crippen LogP contribution in [0, 0.1) is 11.8 Å². The maximum Gasteiger partial charge on any atom is 0.410 e. The van der Waals surface area contributed by atoms with Crippen LogP contribution in [0.4, 0.5) is 15.3 Å². The summed E-state index contributed by atoms with van der Waals surface area (Å²) in [6.45, 7) is 8.63. The second-order valence-electron chi connectivity index (χ2n) is 10.8. The van der Waals surface area contributed by atoms with Crippen LogP contribution in [0.5, 0.6) is 0 Å². The summed E-state index contributed by atoms with van der Waals surface area (Å²) < 4.78 is 7.03. The van der Waals surface area contributed by atoms with E-state index in [9.17, 15) is 14.4 Å². The fourth-order valence-electron chi connectivity index (χ4n) is 5.07. The van der Waals surface area contributed by atoms with E-state index < -0.39 is 5.60 Å². The van der Waals surface area contributed by atoms with Gasteiger partial charge in [0.05, 0.1) is 24.6 Å². The van der Waals surface area contributed by atoms with Gasteiger partial charge in [0, 0.05) is 38.1 Å². The van der Waals surface area contributed by atoms with Crippen LogP contribution in [0.25, 0.3) is 0 Å². The van der Waals surface area contributed by atoms with E-state index in [2.05, 4.69) is 5.10 Å². The summed E-state index contributed by atoms with van der Waals surface area (Å²) in [5, 5.41) is 4.78. The highest BCUT2D eigenvalue weighted by molar-refractivity contribution is 6.31. The molecule has 3 amide bonds. The fourth-order valence-corrected chi connectivity index (χ4v) is 5.27. The highest BCUT2D eigenvalue weighted by Crippen LogP contribution is 2.41. The van der Waals surface area contributed by atoms with Crippen molar-refractivity contribution >= 4 is 35.3 Å². The van der Waals surface area contributed by atoms with Crippen molar-refractivity contribution in [2.75, 3.05) is 25.0 Å². The van der Waals surface area contributed by atoms with E-state index in [0.717, 1.165) is 18.4 Å². The molecule has 2 aromatic rings. The Morgan fingerprint density at radius 3 is 2.36 bits per heavy atom. The highest BCUT2D eigenvalue weighted by Gasteiger charge is 2.46. The Balaban J connectivity index is 1.44. The van der Waals surface area contributed by atoms with Crippen LogP contribution in [0.3, 0.4) is 0 Å². The molecule has 0 bridgehead atoms. The summed E-state index contributed by atoms with van der Waals surface area (Å²) in [5.41, 5.74) is 0.846.